The summed E-state index contributed by atoms with van der Waals surface area (Å²) in [5, 5.41) is 12.1. The molecule has 0 saturated heterocycles. The lowest BCUT2D eigenvalue weighted by Gasteiger charge is -2.28. The van der Waals surface area contributed by atoms with Gasteiger partial charge in [-0.25, -0.2) is 0 Å². The van der Waals surface area contributed by atoms with Crippen LogP contribution < -0.4 is 5.32 Å². The van der Waals surface area contributed by atoms with E-state index in [0.29, 0.717) is 12.8 Å². The third-order valence-electron chi connectivity index (χ3n) is 4.05. The minimum Gasteiger partial charge on any atom is -0.481 e. The fourth-order valence-corrected chi connectivity index (χ4v) is 2.11. The summed E-state index contributed by atoms with van der Waals surface area (Å²) in [7, 11) is 1.53. The zero-order chi connectivity index (χ0) is 15.3. The van der Waals surface area contributed by atoms with Crippen molar-refractivity contribution in [3.05, 3.63) is 0 Å². The van der Waals surface area contributed by atoms with Crippen LogP contribution in [-0.2, 0) is 14.4 Å². The third-order valence-corrected chi connectivity index (χ3v) is 4.05. The van der Waals surface area contributed by atoms with Crippen LogP contribution in [-0.4, -0.2) is 47.4 Å². The molecule has 1 rings (SSSR count). The second-order valence-corrected chi connectivity index (χ2v) is 5.56. The van der Waals surface area contributed by atoms with Gasteiger partial charge in [0.15, 0.2) is 0 Å². The quantitative estimate of drug-likeness (QED) is 0.696. The van der Waals surface area contributed by atoms with E-state index in [4.69, 9.17) is 0 Å². The van der Waals surface area contributed by atoms with Crippen molar-refractivity contribution in [2.45, 2.75) is 52.0 Å². The molecule has 6 nitrogen and oxygen atoms in total. The molecular formula is C14H24N2O4. The highest BCUT2D eigenvalue weighted by molar-refractivity contribution is 5.88. The lowest BCUT2D eigenvalue weighted by atomic mass is 9.79. The van der Waals surface area contributed by atoms with Crippen LogP contribution in [0.25, 0.3) is 0 Å². The molecule has 20 heavy (non-hydrogen) atoms. The number of carboxylic acids is 1. The summed E-state index contributed by atoms with van der Waals surface area (Å²) in [6, 6.07) is 0.260. The summed E-state index contributed by atoms with van der Waals surface area (Å²) in [4.78, 5) is 36.4. The van der Waals surface area contributed by atoms with Crippen LogP contribution >= 0.6 is 0 Å². The van der Waals surface area contributed by atoms with Crippen molar-refractivity contribution in [2.24, 2.45) is 5.41 Å². The summed E-state index contributed by atoms with van der Waals surface area (Å²) in [5.74, 6) is -1.44. The molecule has 6 heteroatoms. The second-order valence-electron chi connectivity index (χ2n) is 5.56. The van der Waals surface area contributed by atoms with Gasteiger partial charge in [-0.3, -0.25) is 14.4 Å². The lowest BCUT2D eigenvalue weighted by Crippen LogP contribution is -2.42. The van der Waals surface area contributed by atoms with Crippen LogP contribution in [0.5, 0.6) is 0 Å². The molecule has 1 fully saturated rings. The zero-order valence-electron chi connectivity index (χ0n) is 12.4. The van der Waals surface area contributed by atoms with E-state index in [-0.39, 0.29) is 30.8 Å². The Morgan fingerprint density at radius 2 is 1.80 bits per heavy atom. The van der Waals surface area contributed by atoms with Crippen molar-refractivity contribution in [1.29, 1.82) is 0 Å². The third kappa shape index (κ3) is 4.21. The first-order chi connectivity index (χ1) is 9.34. The number of carboxylic acid groups (broad SMARTS) is 1. The SMILES string of the molecule is CCC(CC)(CC(=O)N(C)CC(=O)NC1CC1)C(=O)O. The van der Waals surface area contributed by atoms with Crippen molar-refractivity contribution in [1.82, 2.24) is 10.2 Å². The van der Waals surface area contributed by atoms with Crippen molar-refractivity contribution >= 4 is 17.8 Å². The van der Waals surface area contributed by atoms with E-state index in [2.05, 4.69) is 5.32 Å². The Hall–Kier alpha value is -1.59. The number of carbonyl (C=O) groups is 3. The Kier molecular flexibility index (Phi) is 5.53. The fourth-order valence-electron chi connectivity index (χ4n) is 2.11. The van der Waals surface area contributed by atoms with E-state index < -0.39 is 11.4 Å². The predicted octanol–water partition coefficient (Wildman–Crippen LogP) is 1.00. The number of hydrogen-bond donors (Lipinski definition) is 2. The number of aliphatic carboxylic acids is 1. The first kappa shape index (κ1) is 16.5. The number of nitrogens with zero attached hydrogens (tertiary/aromatic N) is 1. The smallest absolute Gasteiger partial charge is 0.310 e. The molecule has 1 aliphatic carbocycles. The maximum Gasteiger partial charge on any atom is 0.310 e. The molecule has 0 bridgehead atoms. The first-order valence-electron chi connectivity index (χ1n) is 7.11. The minimum absolute atomic E-state index is 0.0154. The van der Waals surface area contributed by atoms with Crippen LogP contribution in [0.1, 0.15) is 46.0 Å². The number of hydrogen-bond acceptors (Lipinski definition) is 3. The number of rotatable bonds is 8. The molecule has 0 aromatic heterocycles. The number of carbonyl (C=O) groups excluding carboxylic acids is 2. The highest BCUT2D eigenvalue weighted by atomic mass is 16.4. The molecule has 0 spiro atoms. The van der Waals surface area contributed by atoms with Gasteiger partial charge < -0.3 is 15.3 Å². The molecular weight excluding hydrogens is 260 g/mol. The van der Waals surface area contributed by atoms with Crippen LogP contribution in [0.2, 0.25) is 0 Å². The largest absolute Gasteiger partial charge is 0.481 e. The van der Waals surface area contributed by atoms with Gasteiger partial charge in [0.1, 0.15) is 0 Å². The van der Waals surface area contributed by atoms with Gasteiger partial charge in [-0.1, -0.05) is 13.8 Å². The first-order valence-corrected chi connectivity index (χ1v) is 7.11. The van der Waals surface area contributed by atoms with E-state index >= 15 is 0 Å². The molecule has 0 radical (unpaired) electrons. The molecule has 0 unspecified atom stereocenters. The molecule has 0 aromatic carbocycles. The van der Waals surface area contributed by atoms with Gasteiger partial charge in [0.25, 0.3) is 0 Å². The molecule has 0 aromatic rings. The lowest BCUT2D eigenvalue weighted by molar-refractivity contribution is -0.154. The van der Waals surface area contributed by atoms with Crippen molar-refractivity contribution in [3.8, 4) is 0 Å². The molecule has 0 heterocycles. The fraction of sp³-hybridized carbons (Fsp3) is 0.786. The molecule has 2 N–H and O–H groups in total. The summed E-state index contributed by atoms with van der Waals surface area (Å²) in [6.07, 6.45) is 2.72. The molecule has 1 aliphatic rings. The van der Waals surface area contributed by atoms with E-state index in [0.717, 1.165) is 12.8 Å². The van der Waals surface area contributed by atoms with Gasteiger partial charge in [0.05, 0.1) is 12.0 Å². The second kappa shape index (κ2) is 6.72. The van der Waals surface area contributed by atoms with Gasteiger partial charge >= 0.3 is 5.97 Å². The molecule has 0 aliphatic heterocycles. The molecule has 0 atom stereocenters. The van der Waals surface area contributed by atoms with Crippen LogP contribution in [0.15, 0.2) is 0 Å². The number of amides is 2. The monoisotopic (exact) mass is 284 g/mol. The van der Waals surface area contributed by atoms with Gasteiger partial charge in [0, 0.05) is 19.5 Å². The van der Waals surface area contributed by atoms with Gasteiger partial charge in [-0.2, -0.15) is 0 Å². The Bertz CT molecular complexity index is 387. The Morgan fingerprint density at radius 1 is 1.25 bits per heavy atom. The maximum atomic E-state index is 12.1. The highest BCUT2D eigenvalue weighted by Crippen LogP contribution is 2.31. The van der Waals surface area contributed by atoms with Gasteiger partial charge in [-0.05, 0) is 25.7 Å². The predicted molar refractivity (Wildman–Crippen MR) is 74.1 cm³/mol. The summed E-state index contributed by atoms with van der Waals surface area (Å²) in [6.45, 7) is 3.52. The average Bonchev–Trinajstić information content (AvgIpc) is 3.18. The number of likely N-dealkylation sites (N-methyl/N-ethyl adjacent to an activating group) is 1. The summed E-state index contributed by atoms with van der Waals surface area (Å²) >= 11 is 0. The minimum atomic E-state index is -1.03. The normalized spacial score (nSPS) is 14.8. The van der Waals surface area contributed by atoms with Crippen LogP contribution in [0.4, 0.5) is 0 Å². The zero-order valence-corrected chi connectivity index (χ0v) is 12.4. The Labute approximate surface area is 119 Å². The summed E-state index contributed by atoms with van der Waals surface area (Å²) in [5.41, 5.74) is -1.03. The van der Waals surface area contributed by atoms with Gasteiger partial charge in [0.2, 0.25) is 11.8 Å². The Morgan fingerprint density at radius 3 is 2.20 bits per heavy atom. The average molecular weight is 284 g/mol. The number of nitrogens with one attached hydrogen (secondary N) is 1. The molecule has 1 saturated carbocycles. The summed E-state index contributed by atoms with van der Waals surface area (Å²) < 4.78 is 0. The maximum absolute atomic E-state index is 12.1. The highest BCUT2D eigenvalue weighted by Gasteiger charge is 2.38. The van der Waals surface area contributed by atoms with E-state index in [1.807, 2.05) is 0 Å². The Balaban J connectivity index is 2.54. The van der Waals surface area contributed by atoms with E-state index in [1.165, 1.54) is 11.9 Å². The van der Waals surface area contributed by atoms with E-state index in [1.54, 1.807) is 13.8 Å². The topological polar surface area (TPSA) is 86.7 Å². The standard InChI is InChI=1S/C14H24N2O4/c1-4-14(5-2,13(19)20)8-12(18)16(3)9-11(17)15-10-6-7-10/h10H,4-9H2,1-3H3,(H,15,17)(H,19,20). The van der Waals surface area contributed by atoms with Crippen molar-refractivity contribution in [3.63, 3.8) is 0 Å². The molecule has 114 valence electrons. The van der Waals surface area contributed by atoms with Crippen molar-refractivity contribution < 1.29 is 19.5 Å². The van der Waals surface area contributed by atoms with E-state index in [9.17, 15) is 19.5 Å². The van der Waals surface area contributed by atoms with Crippen molar-refractivity contribution in [2.75, 3.05) is 13.6 Å². The van der Waals surface area contributed by atoms with Gasteiger partial charge in [-0.15, -0.1) is 0 Å². The molecule has 2 amide bonds. The van der Waals surface area contributed by atoms with Crippen LogP contribution in [0, 0.1) is 5.41 Å². The van der Waals surface area contributed by atoms with Crippen LogP contribution in [0.3, 0.4) is 0 Å².